The Balaban J connectivity index is 2.18. The molecule has 0 aliphatic carbocycles. The Morgan fingerprint density at radius 2 is 1.50 bits per heavy atom. The summed E-state index contributed by atoms with van der Waals surface area (Å²) < 4.78 is 0. The van der Waals surface area contributed by atoms with Crippen molar-refractivity contribution in [1.82, 2.24) is 5.32 Å². The molecule has 1 aromatic rings. The Kier molecular flexibility index (Phi) is 8.60. The van der Waals surface area contributed by atoms with Crippen LogP contribution in [0, 0.1) is 6.92 Å². The second kappa shape index (κ2) is 9.99. The molecule has 0 aliphatic heterocycles. The maximum absolute atomic E-state index is 3.69. The summed E-state index contributed by atoms with van der Waals surface area (Å²) in [5, 5.41) is 3.69. The van der Waals surface area contributed by atoms with Crippen molar-refractivity contribution >= 4 is 0 Å². The van der Waals surface area contributed by atoms with E-state index in [4.69, 9.17) is 0 Å². The average Bonchev–Trinajstić information content (AvgIpc) is 2.46. The van der Waals surface area contributed by atoms with Crippen LogP contribution in [0.4, 0.5) is 0 Å². The average molecular weight is 275 g/mol. The lowest BCUT2D eigenvalue weighted by Crippen LogP contribution is -2.31. The van der Waals surface area contributed by atoms with Crippen LogP contribution in [0.25, 0.3) is 0 Å². The molecule has 0 amide bonds. The van der Waals surface area contributed by atoms with Crippen LogP contribution in [0.1, 0.15) is 76.3 Å². The van der Waals surface area contributed by atoms with E-state index in [1.807, 2.05) is 0 Å². The van der Waals surface area contributed by atoms with Crippen LogP contribution in [-0.2, 0) is 0 Å². The van der Waals surface area contributed by atoms with Crippen molar-refractivity contribution in [1.29, 1.82) is 0 Å². The number of nitrogens with one attached hydrogen (secondary N) is 1. The minimum Gasteiger partial charge on any atom is -0.314 e. The van der Waals surface area contributed by atoms with Gasteiger partial charge in [-0.1, -0.05) is 75.8 Å². The summed E-state index contributed by atoms with van der Waals surface area (Å²) in [7, 11) is 0. The number of hydrogen-bond donors (Lipinski definition) is 1. The largest absolute Gasteiger partial charge is 0.314 e. The first-order valence-electron chi connectivity index (χ1n) is 8.45. The van der Waals surface area contributed by atoms with Crippen molar-refractivity contribution in [2.24, 2.45) is 0 Å². The lowest BCUT2D eigenvalue weighted by Gasteiger charge is -2.22. The summed E-state index contributed by atoms with van der Waals surface area (Å²) in [6.07, 6.45) is 8.23. The smallest absolute Gasteiger partial charge is 0.0105 e. The van der Waals surface area contributed by atoms with Crippen molar-refractivity contribution in [2.45, 2.75) is 78.2 Å². The van der Waals surface area contributed by atoms with Crippen LogP contribution in [0.15, 0.2) is 24.3 Å². The first-order chi connectivity index (χ1) is 9.65. The third kappa shape index (κ3) is 6.56. The van der Waals surface area contributed by atoms with E-state index in [0.717, 1.165) is 6.54 Å². The SMILES string of the molecule is CCCCCCCCNC(C)C(C)c1ccc(C)cc1. The van der Waals surface area contributed by atoms with E-state index >= 15 is 0 Å². The maximum atomic E-state index is 3.69. The summed E-state index contributed by atoms with van der Waals surface area (Å²) in [5.74, 6) is 0.579. The van der Waals surface area contributed by atoms with Crippen molar-refractivity contribution in [3.05, 3.63) is 35.4 Å². The Bertz CT molecular complexity index is 341. The molecule has 0 bridgehead atoms. The number of rotatable bonds is 10. The molecule has 2 unspecified atom stereocenters. The Labute approximate surface area is 126 Å². The summed E-state index contributed by atoms with van der Waals surface area (Å²) in [6.45, 7) is 10.2. The Hall–Kier alpha value is -0.820. The summed E-state index contributed by atoms with van der Waals surface area (Å²) in [6, 6.07) is 9.51. The van der Waals surface area contributed by atoms with Crippen LogP contribution in [0.2, 0.25) is 0 Å². The van der Waals surface area contributed by atoms with Crippen LogP contribution < -0.4 is 5.32 Å². The van der Waals surface area contributed by atoms with Crippen LogP contribution >= 0.6 is 0 Å². The van der Waals surface area contributed by atoms with Crippen LogP contribution in [0.3, 0.4) is 0 Å². The first-order valence-corrected chi connectivity index (χ1v) is 8.45. The fraction of sp³-hybridized carbons (Fsp3) is 0.684. The van der Waals surface area contributed by atoms with E-state index in [-0.39, 0.29) is 0 Å². The van der Waals surface area contributed by atoms with Gasteiger partial charge in [0.25, 0.3) is 0 Å². The number of hydrogen-bond acceptors (Lipinski definition) is 1. The molecule has 0 aliphatic rings. The van der Waals surface area contributed by atoms with Crippen LogP contribution in [-0.4, -0.2) is 12.6 Å². The van der Waals surface area contributed by atoms with Gasteiger partial charge in [0.2, 0.25) is 0 Å². The van der Waals surface area contributed by atoms with Gasteiger partial charge in [0.1, 0.15) is 0 Å². The van der Waals surface area contributed by atoms with Crippen molar-refractivity contribution in [3.63, 3.8) is 0 Å². The van der Waals surface area contributed by atoms with E-state index in [0.29, 0.717) is 12.0 Å². The van der Waals surface area contributed by atoms with E-state index < -0.39 is 0 Å². The van der Waals surface area contributed by atoms with E-state index in [1.165, 1.54) is 49.7 Å². The highest BCUT2D eigenvalue weighted by Gasteiger charge is 2.13. The topological polar surface area (TPSA) is 12.0 Å². The van der Waals surface area contributed by atoms with Crippen molar-refractivity contribution < 1.29 is 0 Å². The zero-order valence-corrected chi connectivity index (χ0v) is 13.9. The fourth-order valence-corrected chi connectivity index (χ4v) is 2.57. The minimum atomic E-state index is 0.549. The van der Waals surface area contributed by atoms with Gasteiger partial charge in [-0.15, -0.1) is 0 Å². The zero-order chi connectivity index (χ0) is 14.8. The first kappa shape index (κ1) is 17.2. The molecule has 0 fully saturated rings. The molecule has 0 saturated heterocycles. The van der Waals surface area contributed by atoms with Gasteiger partial charge in [-0.05, 0) is 38.3 Å². The van der Waals surface area contributed by atoms with Crippen molar-refractivity contribution in [3.8, 4) is 0 Å². The lowest BCUT2D eigenvalue weighted by molar-refractivity contribution is 0.465. The van der Waals surface area contributed by atoms with Crippen molar-refractivity contribution in [2.75, 3.05) is 6.54 Å². The Morgan fingerprint density at radius 3 is 2.15 bits per heavy atom. The molecule has 0 heterocycles. The normalized spacial score (nSPS) is 14.2. The standard InChI is InChI=1S/C19H33N/c1-5-6-7-8-9-10-15-20-18(4)17(3)19-13-11-16(2)12-14-19/h11-14,17-18,20H,5-10,15H2,1-4H3. The molecule has 0 spiro atoms. The molecule has 114 valence electrons. The van der Waals surface area contributed by atoms with E-state index in [2.05, 4.69) is 57.3 Å². The molecule has 2 atom stereocenters. The Morgan fingerprint density at radius 1 is 0.900 bits per heavy atom. The fourth-order valence-electron chi connectivity index (χ4n) is 2.57. The van der Waals surface area contributed by atoms with Gasteiger partial charge < -0.3 is 5.32 Å². The monoisotopic (exact) mass is 275 g/mol. The molecule has 1 rings (SSSR count). The van der Waals surface area contributed by atoms with Gasteiger partial charge in [-0.3, -0.25) is 0 Å². The highest BCUT2D eigenvalue weighted by Crippen LogP contribution is 2.19. The van der Waals surface area contributed by atoms with E-state index in [1.54, 1.807) is 0 Å². The molecule has 1 aromatic carbocycles. The highest BCUT2D eigenvalue weighted by atomic mass is 14.9. The van der Waals surface area contributed by atoms with Gasteiger partial charge >= 0.3 is 0 Å². The maximum Gasteiger partial charge on any atom is 0.0105 e. The number of benzene rings is 1. The quantitative estimate of drug-likeness (QED) is 0.561. The van der Waals surface area contributed by atoms with Gasteiger partial charge in [0, 0.05) is 6.04 Å². The molecular weight excluding hydrogens is 242 g/mol. The molecule has 0 saturated carbocycles. The zero-order valence-electron chi connectivity index (χ0n) is 13.9. The molecular formula is C19H33N. The number of unbranched alkanes of at least 4 members (excludes halogenated alkanes) is 5. The van der Waals surface area contributed by atoms with E-state index in [9.17, 15) is 0 Å². The van der Waals surface area contributed by atoms with Gasteiger partial charge in [0.15, 0.2) is 0 Å². The second-order valence-corrected chi connectivity index (χ2v) is 6.21. The molecule has 20 heavy (non-hydrogen) atoms. The summed E-state index contributed by atoms with van der Waals surface area (Å²) >= 11 is 0. The van der Waals surface area contributed by atoms with Gasteiger partial charge in [0.05, 0.1) is 0 Å². The molecule has 1 nitrogen and oxygen atoms in total. The van der Waals surface area contributed by atoms with Crippen LogP contribution in [0.5, 0.6) is 0 Å². The summed E-state index contributed by atoms with van der Waals surface area (Å²) in [5.41, 5.74) is 2.78. The summed E-state index contributed by atoms with van der Waals surface area (Å²) in [4.78, 5) is 0. The van der Waals surface area contributed by atoms with Gasteiger partial charge in [-0.25, -0.2) is 0 Å². The third-order valence-corrected chi connectivity index (χ3v) is 4.35. The lowest BCUT2D eigenvalue weighted by atomic mass is 9.93. The predicted octanol–water partition coefficient (Wildman–Crippen LogP) is 5.44. The third-order valence-electron chi connectivity index (χ3n) is 4.35. The highest BCUT2D eigenvalue weighted by molar-refractivity contribution is 5.25. The van der Waals surface area contributed by atoms with Gasteiger partial charge in [-0.2, -0.15) is 0 Å². The second-order valence-electron chi connectivity index (χ2n) is 6.21. The molecule has 1 heteroatoms. The molecule has 1 N–H and O–H groups in total. The minimum absolute atomic E-state index is 0.549. The molecule has 0 radical (unpaired) electrons. The predicted molar refractivity (Wildman–Crippen MR) is 90.4 cm³/mol. The molecule has 0 aromatic heterocycles. The number of aryl methyl sites for hydroxylation is 1.